The van der Waals surface area contributed by atoms with Crippen molar-refractivity contribution in [3.05, 3.63) is 24.0 Å². The quantitative estimate of drug-likeness (QED) is 0.626. The number of hydrogen-bond donors (Lipinski definition) is 2. The summed E-state index contributed by atoms with van der Waals surface area (Å²) in [5.41, 5.74) is 5.20. The number of anilines is 2. The molecule has 0 saturated carbocycles. The summed E-state index contributed by atoms with van der Waals surface area (Å²) >= 11 is 0. The zero-order valence-corrected chi connectivity index (χ0v) is 17.8. The summed E-state index contributed by atoms with van der Waals surface area (Å²) in [7, 11) is 0. The number of alkyl halides is 3. The molecule has 1 atom stereocenters. The first kappa shape index (κ1) is 25.0. The van der Waals surface area contributed by atoms with E-state index in [0.717, 1.165) is 11.0 Å². The number of nitrogens with zero attached hydrogens (tertiary/aromatic N) is 2. The van der Waals surface area contributed by atoms with Crippen LogP contribution in [0, 0.1) is 11.2 Å². The van der Waals surface area contributed by atoms with Crippen molar-refractivity contribution in [3.8, 4) is 0 Å². The number of amides is 2. The van der Waals surface area contributed by atoms with Crippen molar-refractivity contribution < 1.29 is 31.9 Å². The number of rotatable bonds is 7. The SMILES string of the molecule is CC(C)(C)CN(CC(F)(F)F)[C@@H](CN)C(=O)Nc1ccc(N2CCOCC2=O)c(F)c1. The Morgan fingerprint density at radius 2 is 1.97 bits per heavy atom. The van der Waals surface area contributed by atoms with Crippen LogP contribution in [0.1, 0.15) is 20.8 Å². The van der Waals surface area contributed by atoms with Gasteiger partial charge >= 0.3 is 6.18 Å². The van der Waals surface area contributed by atoms with Crippen molar-refractivity contribution in [2.45, 2.75) is 33.0 Å². The Bertz CT molecular complexity index is 780. The summed E-state index contributed by atoms with van der Waals surface area (Å²) in [4.78, 5) is 26.8. The van der Waals surface area contributed by atoms with E-state index in [1.54, 1.807) is 20.8 Å². The fourth-order valence-corrected chi connectivity index (χ4v) is 3.34. The zero-order chi connectivity index (χ0) is 23.4. The van der Waals surface area contributed by atoms with E-state index in [1.165, 1.54) is 17.0 Å². The van der Waals surface area contributed by atoms with Crippen LogP contribution in [-0.4, -0.2) is 68.3 Å². The molecule has 1 aromatic rings. The second-order valence-electron chi connectivity index (χ2n) is 8.59. The molecule has 0 aromatic heterocycles. The summed E-state index contributed by atoms with van der Waals surface area (Å²) in [6.07, 6.45) is -4.52. The topological polar surface area (TPSA) is 87.9 Å². The number of carbonyl (C=O) groups is 2. The second-order valence-corrected chi connectivity index (χ2v) is 8.59. The predicted octanol–water partition coefficient (Wildman–Crippen LogP) is 2.37. The third-order valence-electron chi connectivity index (χ3n) is 4.52. The van der Waals surface area contributed by atoms with Gasteiger partial charge in [0.15, 0.2) is 0 Å². The molecule has 0 radical (unpaired) electrons. The Balaban J connectivity index is 2.18. The van der Waals surface area contributed by atoms with Gasteiger partial charge in [-0.05, 0) is 23.6 Å². The van der Waals surface area contributed by atoms with Crippen LogP contribution < -0.4 is 16.0 Å². The molecule has 1 aliphatic heterocycles. The summed E-state index contributed by atoms with van der Waals surface area (Å²) < 4.78 is 58.8. The summed E-state index contributed by atoms with van der Waals surface area (Å²) in [6, 6.07) is 2.46. The fourth-order valence-electron chi connectivity index (χ4n) is 3.34. The minimum atomic E-state index is -4.52. The van der Waals surface area contributed by atoms with Crippen LogP contribution in [0.25, 0.3) is 0 Å². The van der Waals surface area contributed by atoms with Gasteiger partial charge in [0.05, 0.1) is 18.8 Å². The molecule has 174 valence electrons. The van der Waals surface area contributed by atoms with Gasteiger partial charge in [-0.15, -0.1) is 0 Å². The van der Waals surface area contributed by atoms with Crippen molar-refractivity contribution in [2.24, 2.45) is 11.1 Å². The molecule has 0 bridgehead atoms. The number of morpholine rings is 1. The molecule has 1 aliphatic rings. The van der Waals surface area contributed by atoms with Gasteiger partial charge in [0.25, 0.3) is 5.91 Å². The van der Waals surface area contributed by atoms with E-state index in [4.69, 9.17) is 10.5 Å². The van der Waals surface area contributed by atoms with E-state index in [1.807, 2.05) is 0 Å². The summed E-state index contributed by atoms with van der Waals surface area (Å²) in [5.74, 6) is -1.92. The van der Waals surface area contributed by atoms with E-state index in [9.17, 15) is 27.2 Å². The molecule has 11 heteroatoms. The standard InChI is InChI=1S/C20H28F4N4O3/c1-19(2,3)11-27(12-20(22,23)24)16(9-25)18(30)26-13-4-5-15(14(21)8-13)28-6-7-31-10-17(28)29/h4-5,8,16H,6-7,9-12,25H2,1-3H3,(H,26,30)/t16-/m0/s1. The van der Waals surface area contributed by atoms with Crippen molar-refractivity contribution >= 4 is 23.2 Å². The Morgan fingerprint density at radius 3 is 2.48 bits per heavy atom. The molecule has 1 fully saturated rings. The summed E-state index contributed by atoms with van der Waals surface area (Å²) in [6.45, 7) is 3.90. The Morgan fingerprint density at radius 1 is 1.29 bits per heavy atom. The van der Waals surface area contributed by atoms with Crippen molar-refractivity contribution in [1.82, 2.24) is 4.90 Å². The normalized spacial score (nSPS) is 16.5. The number of hydrogen-bond acceptors (Lipinski definition) is 5. The lowest BCUT2D eigenvalue weighted by Crippen LogP contribution is -2.54. The van der Waals surface area contributed by atoms with E-state index < -0.39 is 41.8 Å². The molecule has 2 amide bonds. The van der Waals surface area contributed by atoms with Gasteiger partial charge in [-0.2, -0.15) is 13.2 Å². The van der Waals surface area contributed by atoms with Crippen LogP contribution in [0.3, 0.4) is 0 Å². The monoisotopic (exact) mass is 448 g/mol. The van der Waals surface area contributed by atoms with Crippen LogP contribution >= 0.6 is 0 Å². The minimum Gasteiger partial charge on any atom is -0.370 e. The van der Waals surface area contributed by atoms with Gasteiger partial charge in [-0.3, -0.25) is 14.5 Å². The number of halogens is 4. The molecule has 0 spiro atoms. The molecule has 0 unspecified atom stereocenters. The minimum absolute atomic E-state index is 0.0196. The van der Waals surface area contributed by atoms with Crippen LogP contribution in [0.2, 0.25) is 0 Å². The first-order valence-corrected chi connectivity index (χ1v) is 9.80. The first-order chi connectivity index (χ1) is 14.3. The molecule has 1 heterocycles. The Labute approximate surface area is 178 Å². The Kier molecular flexibility index (Phi) is 8.01. The molecule has 2 rings (SSSR count). The number of nitrogens with two attached hydrogens (primary N) is 1. The highest BCUT2D eigenvalue weighted by Crippen LogP contribution is 2.26. The van der Waals surface area contributed by atoms with Crippen LogP contribution in [0.15, 0.2) is 18.2 Å². The number of carbonyl (C=O) groups excluding carboxylic acids is 2. The third-order valence-corrected chi connectivity index (χ3v) is 4.52. The summed E-state index contributed by atoms with van der Waals surface area (Å²) in [5, 5.41) is 2.43. The van der Waals surface area contributed by atoms with Gasteiger partial charge in [-0.25, -0.2) is 4.39 Å². The second kappa shape index (κ2) is 9.92. The largest absolute Gasteiger partial charge is 0.401 e. The number of nitrogens with one attached hydrogen (secondary N) is 1. The van der Waals surface area contributed by atoms with Crippen molar-refractivity contribution in [2.75, 3.05) is 49.6 Å². The molecule has 7 nitrogen and oxygen atoms in total. The van der Waals surface area contributed by atoms with Gasteiger partial charge < -0.3 is 20.7 Å². The molecule has 1 aromatic carbocycles. The van der Waals surface area contributed by atoms with Gasteiger partial charge in [0, 0.05) is 25.3 Å². The maximum Gasteiger partial charge on any atom is 0.401 e. The highest BCUT2D eigenvalue weighted by Gasteiger charge is 2.37. The highest BCUT2D eigenvalue weighted by atomic mass is 19.4. The van der Waals surface area contributed by atoms with Gasteiger partial charge in [0.2, 0.25) is 5.91 Å². The lowest BCUT2D eigenvalue weighted by atomic mass is 9.95. The molecular weight excluding hydrogens is 420 g/mol. The highest BCUT2D eigenvalue weighted by molar-refractivity contribution is 5.97. The maximum absolute atomic E-state index is 14.6. The van der Waals surface area contributed by atoms with Gasteiger partial charge in [-0.1, -0.05) is 20.8 Å². The maximum atomic E-state index is 14.6. The van der Waals surface area contributed by atoms with Crippen molar-refractivity contribution in [1.29, 1.82) is 0 Å². The van der Waals surface area contributed by atoms with E-state index >= 15 is 0 Å². The molecular formula is C20H28F4N4O3. The Hall–Kier alpha value is -2.24. The molecule has 3 N–H and O–H groups in total. The van der Waals surface area contributed by atoms with E-state index in [0.29, 0.717) is 0 Å². The predicted molar refractivity (Wildman–Crippen MR) is 108 cm³/mol. The number of ether oxygens (including phenoxy) is 1. The number of benzene rings is 1. The average molecular weight is 448 g/mol. The fraction of sp³-hybridized carbons (Fsp3) is 0.600. The molecule has 1 saturated heterocycles. The van der Waals surface area contributed by atoms with Crippen LogP contribution in [-0.2, 0) is 14.3 Å². The zero-order valence-electron chi connectivity index (χ0n) is 17.8. The van der Waals surface area contributed by atoms with Crippen molar-refractivity contribution in [3.63, 3.8) is 0 Å². The van der Waals surface area contributed by atoms with E-state index in [2.05, 4.69) is 5.32 Å². The lowest BCUT2D eigenvalue weighted by molar-refractivity contribution is -0.156. The lowest BCUT2D eigenvalue weighted by Gasteiger charge is -2.35. The average Bonchev–Trinajstić information content (AvgIpc) is 2.60. The van der Waals surface area contributed by atoms with Gasteiger partial charge in [0.1, 0.15) is 18.5 Å². The van der Waals surface area contributed by atoms with Crippen LogP contribution in [0.4, 0.5) is 28.9 Å². The third kappa shape index (κ3) is 7.44. The first-order valence-electron chi connectivity index (χ1n) is 9.80. The van der Waals surface area contributed by atoms with E-state index in [-0.39, 0.29) is 44.2 Å². The smallest absolute Gasteiger partial charge is 0.370 e. The molecule has 31 heavy (non-hydrogen) atoms. The van der Waals surface area contributed by atoms with Crippen LogP contribution in [0.5, 0.6) is 0 Å². The molecule has 0 aliphatic carbocycles.